The zero-order valence-corrected chi connectivity index (χ0v) is 16.6. The number of carbonyl (C=O) groups excluding carboxylic acids is 1. The lowest BCUT2D eigenvalue weighted by Crippen LogP contribution is -2.51. The number of benzene rings is 2. The molecule has 0 bridgehead atoms. The van der Waals surface area contributed by atoms with E-state index in [9.17, 15) is 9.18 Å². The topological polar surface area (TPSA) is 39.3 Å². The minimum Gasteiger partial charge on any atom is -0.351 e. The highest BCUT2D eigenvalue weighted by Crippen LogP contribution is 2.32. The summed E-state index contributed by atoms with van der Waals surface area (Å²) in [6, 6.07) is 15.3. The van der Waals surface area contributed by atoms with Crippen molar-refractivity contribution in [2.24, 2.45) is 0 Å². The molecular formula is C23H26FN3O. The molecule has 1 fully saturated rings. The average Bonchev–Trinajstić information content (AvgIpc) is 3.10. The molecule has 146 valence electrons. The van der Waals surface area contributed by atoms with Crippen molar-refractivity contribution in [3.63, 3.8) is 0 Å². The molecule has 5 heteroatoms. The van der Waals surface area contributed by atoms with E-state index < -0.39 is 0 Å². The Morgan fingerprint density at radius 2 is 1.89 bits per heavy atom. The Bertz CT molecular complexity index is 993. The zero-order valence-electron chi connectivity index (χ0n) is 16.6. The maximum Gasteiger partial charge on any atom is 0.270 e. The van der Waals surface area contributed by atoms with Gasteiger partial charge < -0.3 is 14.8 Å². The van der Waals surface area contributed by atoms with Crippen LogP contribution in [0.25, 0.3) is 10.9 Å². The molecule has 1 aromatic heterocycles. The van der Waals surface area contributed by atoms with E-state index in [1.54, 1.807) is 12.1 Å². The van der Waals surface area contributed by atoms with Crippen LogP contribution in [0.1, 0.15) is 34.0 Å². The number of fused-ring (bicyclic) bond motifs is 1. The molecule has 1 aliphatic rings. The van der Waals surface area contributed by atoms with Crippen LogP contribution in [0.3, 0.4) is 0 Å². The van der Waals surface area contributed by atoms with E-state index in [0.717, 1.165) is 17.3 Å². The zero-order chi connectivity index (χ0) is 19.8. The number of likely N-dealkylation sites (tertiary alicyclic amines) is 1. The van der Waals surface area contributed by atoms with Crippen LogP contribution in [-0.2, 0) is 0 Å². The van der Waals surface area contributed by atoms with Crippen LogP contribution in [-0.4, -0.2) is 53.9 Å². The van der Waals surface area contributed by atoms with Crippen molar-refractivity contribution in [2.45, 2.75) is 25.3 Å². The second-order valence-corrected chi connectivity index (χ2v) is 8.00. The van der Waals surface area contributed by atoms with Crippen LogP contribution < -0.4 is 0 Å². The second kappa shape index (κ2) is 7.40. The largest absolute Gasteiger partial charge is 0.351 e. The summed E-state index contributed by atoms with van der Waals surface area (Å²) in [6.45, 7) is 3.49. The van der Waals surface area contributed by atoms with Crippen molar-refractivity contribution in [2.75, 3.05) is 27.2 Å². The molecule has 0 saturated carbocycles. The van der Waals surface area contributed by atoms with Crippen LogP contribution >= 0.6 is 0 Å². The van der Waals surface area contributed by atoms with Crippen molar-refractivity contribution in [1.29, 1.82) is 0 Å². The molecule has 0 radical (unpaired) electrons. The van der Waals surface area contributed by atoms with E-state index in [-0.39, 0.29) is 17.8 Å². The minimum atomic E-state index is -0.294. The first-order valence-electron chi connectivity index (χ1n) is 9.73. The first kappa shape index (κ1) is 18.7. The third-order valence-corrected chi connectivity index (χ3v) is 5.85. The fourth-order valence-electron chi connectivity index (χ4n) is 4.23. The van der Waals surface area contributed by atoms with Crippen LogP contribution in [0, 0.1) is 12.7 Å². The lowest BCUT2D eigenvalue weighted by atomic mass is 9.84. The molecule has 28 heavy (non-hydrogen) atoms. The van der Waals surface area contributed by atoms with E-state index in [2.05, 4.69) is 55.2 Å². The molecule has 1 N–H and O–H groups in total. The van der Waals surface area contributed by atoms with Gasteiger partial charge in [0.1, 0.15) is 11.5 Å². The van der Waals surface area contributed by atoms with Crippen molar-refractivity contribution < 1.29 is 9.18 Å². The minimum absolute atomic E-state index is 0.0224. The Kier molecular flexibility index (Phi) is 4.94. The van der Waals surface area contributed by atoms with Crippen LogP contribution in [0.15, 0.2) is 48.5 Å². The Hall–Kier alpha value is -2.66. The molecule has 1 aliphatic heterocycles. The van der Waals surface area contributed by atoms with E-state index in [1.165, 1.54) is 23.3 Å². The van der Waals surface area contributed by atoms with Crippen molar-refractivity contribution in [3.05, 3.63) is 71.2 Å². The molecule has 4 nitrogen and oxygen atoms in total. The van der Waals surface area contributed by atoms with E-state index in [4.69, 9.17) is 0 Å². The van der Waals surface area contributed by atoms with Gasteiger partial charge in [-0.25, -0.2) is 4.39 Å². The number of likely N-dealkylation sites (N-methyl/N-ethyl adjacent to an activating group) is 1. The van der Waals surface area contributed by atoms with Gasteiger partial charge in [-0.2, -0.15) is 0 Å². The summed E-state index contributed by atoms with van der Waals surface area (Å²) in [6.07, 6.45) is 0.923. The first-order valence-corrected chi connectivity index (χ1v) is 9.73. The molecule has 2 heterocycles. The number of hydrogen-bond donors (Lipinski definition) is 1. The molecule has 2 aromatic carbocycles. The van der Waals surface area contributed by atoms with E-state index >= 15 is 0 Å². The Morgan fingerprint density at radius 1 is 1.14 bits per heavy atom. The Morgan fingerprint density at radius 3 is 2.61 bits per heavy atom. The van der Waals surface area contributed by atoms with Gasteiger partial charge in [0.05, 0.1) is 0 Å². The highest BCUT2D eigenvalue weighted by molar-refractivity contribution is 5.98. The fourth-order valence-corrected chi connectivity index (χ4v) is 4.23. The van der Waals surface area contributed by atoms with Crippen LogP contribution in [0.5, 0.6) is 0 Å². The van der Waals surface area contributed by atoms with Crippen molar-refractivity contribution in [3.8, 4) is 0 Å². The molecule has 2 unspecified atom stereocenters. The highest BCUT2D eigenvalue weighted by Gasteiger charge is 2.34. The van der Waals surface area contributed by atoms with E-state index in [1.807, 2.05) is 4.90 Å². The molecule has 1 saturated heterocycles. The predicted molar refractivity (Wildman–Crippen MR) is 110 cm³/mol. The molecule has 0 aliphatic carbocycles. The molecular weight excluding hydrogens is 353 g/mol. The van der Waals surface area contributed by atoms with Crippen LogP contribution in [0.2, 0.25) is 0 Å². The summed E-state index contributed by atoms with van der Waals surface area (Å²) in [7, 11) is 4.15. The number of aromatic nitrogens is 1. The molecule has 0 spiro atoms. The van der Waals surface area contributed by atoms with Gasteiger partial charge in [-0.15, -0.1) is 0 Å². The van der Waals surface area contributed by atoms with Gasteiger partial charge in [0.25, 0.3) is 5.91 Å². The Labute approximate surface area is 165 Å². The highest BCUT2D eigenvalue weighted by atomic mass is 19.1. The third kappa shape index (κ3) is 3.54. The van der Waals surface area contributed by atoms with Gasteiger partial charge in [0.15, 0.2) is 0 Å². The first-order chi connectivity index (χ1) is 13.4. The average molecular weight is 379 g/mol. The lowest BCUT2D eigenvalue weighted by Gasteiger charge is -2.42. The summed E-state index contributed by atoms with van der Waals surface area (Å²) < 4.78 is 13.5. The standard InChI is InChI=1S/C23H26FN3O/c1-15-4-6-16(7-5-15)19-10-11-27(14-22(19)26(2)3)23(28)21-13-17-12-18(24)8-9-20(17)25-21/h4-9,12-13,19,22,25H,10-11,14H2,1-3H3. The number of H-pyrrole nitrogens is 1. The normalized spacial score (nSPS) is 20.1. The maximum absolute atomic E-state index is 13.5. The summed E-state index contributed by atoms with van der Waals surface area (Å²) in [4.78, 5) is 20.4. The smallest absolute Gasteiger partial charge is 0.270 e. The van der Waals surface area contributed by atoms with Crippen molar-refractivity contribution >= 4 is 16.8 Å². The second-order valence-electron chi connectivity index (χ2n) is 8.00. The lowest BCUT2D eigenvalue weighted by molar-refractivity contribution is 0.0593. The molecule has 3 aromatic rings. The third-order valence-electron chi connectivity index (χ3n) is 5.85. The number of amides is 1. The monoisotopic (exact) mass is 379 g/mol. The molecule has 4 rings (SSSR count). The summed E-state index contributed by atoms with van der Waals surface area (Å²) in [5.41, 5.74) is 3.89. The van der Waals surface area contributed by atoms with E-state index in [0.29, 0.717) is 24.7 Å². The van der Waals surface area contributed by atoms with Crippen molar-refractivity contribution in [1.82, 2.24) is 14.8 Å². The summed E-state index contributed by atoms with van der Waals surface area (Å²) in [5.74, 6) is 0.0827. The van der Waals surface area contributed by atoms with Crippen LogP contribution in [0.4, 0.5) is 4.39 Å². The number of halogens is 1. The number of rotatable bonds is 3. The summed E-state index contributed by atoms with van der Waals surface area (Å²) >= 11 is 0. The number of aromatic amines is 1. The number of piperidine rings is 1. The number of carbonyl (C=O) groups is 1. The number of aryl methyl sites for hydroxylation is 1. The van der Waals surface area contributed by atoms with Gasteiger partial charge in [-0.1, -0.05) is 29.8 Å². The predicted octanol–water partition coefficient (Wildman–Crippen LogP) is 4.18. The number of nitrogens with zero attached hydrogens (tertiary/aromatic N) is 2. The summed E-state index contributed by atoms with van der Waals surface area (Å²) in [5, 5.41) is 0.724. The van der Waals surface area contributed by atoms with Gasteiger partial charge in [-0.3, -0.25) is 4.79 Å². The van der Waals surface area contributed by atoms with Gasteiger partial charge in [0, 0.05) is 36.0 Å². The molecule has 1 amide bonds. The Balaban J connectivity index is 1.56. The maximum atomic E-state index is 13.5. The quantitative estimate of drug-likeness (QED) is 0.742. The number of nitrogens with one attached hydrogen (secondary N) is 1. The van der Waals surface area contributed by atoms with Gasteiger partial charge in [0.2, 0.25) is 0 Å². The van der Waals surface area contributed by atoms with Gasteiger partial charge in [-0.05, 0) is 57.3 Å². The number of hydrogen-bond acceptors (Lipinski definition) is 2. The SMILES string of the molecule is Cc1ccc(C2CCN(C(=O)c3cc4cc(F)ccc4[nH]3)CC2N(C)C)cc1. The molecule has 2 atom stereocenters. The van der Waals surface area contributed by atoms with Gasteiger partial charge >= 0.3 is 0 Å². The fraction of sp³-hybridized carbons (Fsp3) is 0.348.